The van der Waals surface area contributed by atoms with Crippen LogP contribution in [0.2, 0.25) is 0 Å². The molecule has 0 spiro atoms. The van der Waals surface area contributed by atoms with Gasteiger partial charge in [0.1, 0.15) is 17.0 Å². The first kappa shape index (κ1) is 16.3. The number of aromatic nitrogens is 2. The Kier molecular flexibility index (Phi) is 4.31. The molecule has 1 aromatic carbocycles. The van der Waals surface area contributed by atoms with E-state index in [2.05, 4.69) is 65.3 Å². The van der Waals surface area contributed by atoms with Crippen molar-refractivity contribution in [3.8, 4) is 0 Å². The summed E-state index contributed by atoms with van der Waals surface area (Å²) in [7, 11) is 2.26. The average molecular weight is 355 g/mol. The molecule has 1 aliphatic rings. The van der Waals surface area contributed by atoms with Gasteiger partial charge >= 0.3 is 0 Å². The summed E-state index contributed by atoms with van der Waals surface area (Å²) in [4.78, 5) is 15.3. The molecule has 0 radical (unpaired) electrons. The molecule has 1 aliphatic heterocycles. The van der Waals surface area contributed by atoms with Crippen LogP contribution in [0.5, 0.6) is 0 Å². The van der Waals surface area contributed by atoms with Crippen molar-refractivity contribution in [1.82, 2.24) is 9.97 Å². The maximum atomic E-state index is 4.47. The van der Waals surface area contributed by atoms with Crippen molar-refractivity contribution in [3.63, 3.8) is 0 Å². The van der Waals surface area contributed by atoms with Crippen LogP contribution in [0.1, 0.15) is 10.4 Å². The number of rotatable bonds is 3. The number of aryl methyl sites for hydroxylation is 2. The summed E-state index contributed by atoms with van der Waals surface area (Å²) >= 11 is 1.73. The number of benzene rings is 1. The Morgan fingerprint density at radius 3 is 2.52 bits per heavy atom. The van der Waals surface area contributed by atoms with Gasteiger partial charge < -0.3 is 15.1 Å². The normalized spacial score (nSPS) is 15.7. The van der Waals surface area contributed by atoms with Gasteiger partial charge in [0, 0.05) is 16.3 Å². The zero-order chi connectivity index (χ0) is 17.4. The summed E-state index contributed by atoms with van der Waals surface area (Å²) in [6.07, 6.45) is 1.64. The number of likely N-dealkylation sites (N-methyl/N-ethyl adjacent to an activating group) is 1. The van der Waals surface area contributed by atoms with Gasteiger partial charge in [-0.05, 0) is 43.7 Å². The van der Waals surface area contributed by atoms with Gasteiger partial charge in [0.25, 0.3) is 0 Å². The average Bonchev–Trinajstić information content (AvgIpc) is 2.92. The lowest BCUT2D eigenvalue weighted by Gasteiger charge is -2.31. The molecule has 3 heterocycles. The minimum atomic E-state index is 0.891. The third-order valence-electron chi connectivity index (χ3n) is 5.08. The first-order valence-corrected chi connectivity index (χ1v) is 9.57. The maximum Gasteiger partial charge on any atom is 0.142 e. The van der Waals surface area contributed by atoms with Crippen molar-refractivity contribution in [2.45, 2.75) is 13.8 Å². The van der Waals surface area contributed by atoms with Crippen molar-refractivity contribution in [2.24, 2.45) is 0 Å². The van der Waals surface area contributed by atoms with Gasteiger partial charge in [-0.25, -0.2) is 9.97 Å². The summed E-state index contributed by atoms with van der Waals surface area (Å²) in [5.74, 6) is 0.891. The molecule has 0 bridgehead atoms. The summed E-state index contributed by atoms with van der Waals surface area (Å²) in [5.41, 5.74) is 3.62. The number of piperazine rings is 1. The van der Waals surface area contributed by atoms with E-state index < -0.39 is 0 Å². The Balaban J connectivity index is 1.56. The highest BCUT2D eigenvalue weighted by atomic mass is 32.1. The van der Waals surface area contributed by atoms with E-state index in [1.165, 1.54) is 29.2 Å². The van der Waals surface area contributed by atoms with Gasteiger partial charge in [-0.1, -0.05) is 0 Å². The fraction of sp³-hybridized carbons (Fsp3) is 0.368. The van der Waals surface area contributed by atoms with Crippen molar-refractivity contribution in [2.75, 3.05) is 43.4 Å². The lowest BCUT2D eigenvalue weighted by Crippen LogP contribution is -3.12. The Labute approximate surface area is 152 Å². The molecule has 5 nitrogen and oxygen atoms in total. The van der Waals surface area contributed by atoms with Crippen molar-refractivity contribution in [1.29, 1.82) is 0 Å². The number of anilines is 3. The topological polar surface area (TPSA) is 45.5 Å². The second-order valence-electron chi connectivity index (χ2n) is 6.80. The molecule has 2 aromatic heterocycles. The highest BCUT2D eigenvalue weighted by Gasteiger charge is 2.17. The second kappa shape index (κ2) is 6.61. The van der Waals surface area contributed by atoms with E-state index >= 15 is 0 Å². The maximum absolute atomic E-state index is 4.47. The Morgan fingerprint density at radius 2 is 1.80 bits per heavy atom. The second-order valence-corrected chi connectivity index (χ2v) is 8.00. The third kappa shape index (κ3) is 3.19. The monoisotopic (exact) mass is 354 g/mol. The van der Waals surface area contributed by atoms with Gasteiger partial charge in [0.15, 0.2) is 0 Å². The van der Waals surface area contributed by atoms with Crippen LogP contribution >= 0.6 is 11.3 Å². The van der Waals surface area contributed by atoms with Crippen LogP contribution in [0.15, 0.2) is 30.6 Å². The number of nitrogens with zero attached hydrogens (tertiary/aromatic N) is 3. The van der Waals surface area contributed by atoms with Crippen LogP contribution in [0, 0.1) is 13.8 Å². The van der Waals surface area contributed by atoms with Gasteiger partial charge in [0.2, 0.25) is 0 Å². The van der Waals surface area contributed by atoms with Crippen LogP contribution in [0.25, 0.3) is 10.2 Å². The number of hydrogen-bond acceptors (Lipinski definition) is 5. The molecular weight excluding hydrogens is 330 g/mol. The molecule has 0 unspecified atom stereocenters. The standard InChI is InChI=1S/C19H23N5S/c1-13-14(2)25-19-17(13)18(20-12-21-19)22-15-4-6-16(7-5-15)24-10-8-23(3)9-11-24/h4-7,12H,8-11H2,1-3H3,(H,20,21,22)/p+1. The molecule has 3 aromatic rings. The molecule has 0 saturated carbocycles. The summed E-state index contributed by atoms with van der Waals surface area (Å²) in [6, 6.07) is 8.69. The minimum absolute atomic E-state index is 0.891. The smallest absolute Gasteiger partial charge is 0.142 e. The highest BCUT2D eigenvalue weighted by Crippen LogP contribution is 2.33. The number of fused-ring (bicyclic) bond motifs is 1. The van der Waals surface area contributed by atoms with Crippen molar-refractivity contribution >= 4 is 38.7 Å². The van der Waals surface area contributed by atoms with Gasteiger partial charge in [-0.15, -0.1) is 11.3 Å². The SMILES string of the molecule is Cc1sc2ncnc(Nc3ccc(N4CC[NH+](C)CC4)cc3)c2c1C. The molecule has 1 saturated heterocycles. The first-order chi connectivity index (χ1) is 12.1. The van der Waals surface area contributed by atoms with Gasteiger partial charge in [0.05, 0.1) is 38.6 Å². The van der Waals surface area contributed by atoms with E-state index in [9.17, 15) is 0 Å². The van der Waals surface area contributed by atoms with Crippen LogP contribution in [-0.2, 0) is 0 Å². The van der Waals surface area contributed by atoms with E-state index in [1.54, 1.807) is 22.6 Å². The molecular formula is C19H24N5S+. The minimum Gasteiger partial charge on any atom is -0.360 e. The van der Waals surface area contributed by atoms with Crippen molar-refractivity contribution in [3.05, 3.63) is 41.0 Å². The molecule has 1 fully saturated rings. The lowest BCUT2D eigenvalue weighted by atomic mass is 10.2. The number of thiophene rings is 1. The Hall–Kier alpha value is -2.18. The van der Waals surface area contributed by atoms with E-state index in [0.29, 0.717) is 0 Å². The van der Waals surface area contributed by atoms with E-state index in [1.807, 2.05) is 0 Å². The lowest BCUT2D eigenvalue weighted by molar-refractivity contribution is -0.880. The highest BCUT2D eigenvalue weighted by molar-refractivity contribution is 7.18. The molecule has 25 heavy (non-hydrogen) atoms. The Morgan fingerprint density at radius 1 is 1.08 bits per heavy atom. The zero-order valence-corrected chi connectivity index (χ0v) is 15.8. The van der Waals surface area contributed by atoms with E-state index in [-0.39, 0.29) is 0 Å². The fourth-order valence-corrected chi connectivity index (χ4v) is 4.31. The van der Waals surface area contributed by atoms with E-state index in [0.717, 1.165) is 34.8 Å². The summed E-state index contributed by atoms with van der Waals surface area (Å²) < 4.78 is 0. The number of quaternary nitrogens is 1. The van der Waals surface area contributed by atoms with Gasteiger partial charge in [-0.2, -0.15) is 0 Å². The van der Waals surface area contributed by atoms with Crippen LogP contribution < -0.4 is 15.1 Å². The predicted molar refractivity (Wildman–Crippen MR) is 105 cm³/mol. The largest absolute Gasteiger partial charge is 0.360 e. The van der Waals surface area contributed by atoms with Crippen LogP contribution in [0.4, 0.5) is 17.2 Å². The Bertz CT molecular complexity index is 879. The quantitative estimate of drug-likeness (QED) is 0.758. The number of hydrogen-bond donors (Lipinski definition) is 2. The first-order valence-electron chi connectivity index (χ1n) is 8.76. The molecule has 0 amide bonds. The molecule has 4 rings (SSSR count). The van der Waals surface area contributed by atoms with E-state index in [4.69, 9.17) is 0 Å². The molecule has 0 atom stereocenters. The third-order valence-corrected chi connectivity index (χ3v) is 6.19. The summed E-state index contributed by atoms with van der Waals surface area (Å²) in [5, 5.41) is 4.61. The molecule has 130 valence electrons. The summed E-state index contributed by atoms with van der Waals surface area (Å²) in [6.45, 7) is 8.93. The van der Waals surface area contributed by atoms with Crippen LogP contribution in [-0.4, -0.2) is 43.2 Å². The molecule has 0 aliphatic carbocycles. The fourth-order valence-electron chi connectivity index (χ4n) is 3.32. The number of nitrogens with one attached hydrogen (secondary N) is 2. The predicted octanol–water partition coefficient (Wildman–Crippen LogP) is 2.39. The van der Waals surface area contributed by atoms with Crippen molar-refractivity contribution < 1.29 is 4.90 Å². The van der Waals surface area contributed by atoms with Crippen LogP contribution in [0.3, 0.4) is 0 Å². The zero-order valence-electron chi connectivity index (χ0n) is 15.0. The molecule has 6 heteroatoms. The van der Waals surface area contributed by atoms with Gasteiger partial charge in [-0.3, -0.25) is 0 Å². The molecule has 2 N–H and O–H groups in total.